The van der Waals surface area contributed by atoms with Gasteiger partial charge < -0.3 is 16.0 Å². The van der Waals surface area contributed by atoms with E-state index >= 15 is 0 Å². The van der Waals surface area contributed by atoms with Crippen molar-refractivity contribution >= 4 is 23.2 Å². The fraction of sp³-hybridized carbons (Fsp3) is 0.263. The average molecular weight is 379 g/mol. The van der Waals surface area contributed by atoms with E-state index in [1.165, 1.54) is 12.1 Å². The van der Waals surface area contributed by atoms with E-state index in [4.69, 9.17) is 0 Å². The van der Waals surface area contributed by atoms with Gasteiger partial charge in [0.15, 0.2) is 0 Å². The van der Waals surface area contributed by atoms with Crippen LogP contribution in [0.25, 0.3) is 0 Å². The smallest absolute Gasteiger partial charge is 0.375 e. The van der Waals surface area contributed by atoms with Crippen molar-refractivity contribution < 1.29 is 22.8 Å². The number of benzene rings is 2. The van der Waals surface area contributed by atoms with Crippen LogP contribution in [-0.4, -0.2) is 31.1 Å². The highest BCUT2D eigenvalue weighted by Crippen LogP contribution is 2.23. The number of carbonyl (C=O) groups is 2. The molecule has 0 saturated heterocycles. The molecule has 0 saturated carbocycles. The van der Waals surface area contributed by atoms with Crippen molar-refractivity contribution in [3.8, 4) is 0 Å². The molecule has 0 aliphatic carbocycles. The zero-order valence-electron chi connectivity index (χ0n) is 14.7. The van der Waals surface area contributed by atoms with E-state index in [0.29, 0.717) is 5.56 Å². The summed E-state index contributed by atoms with van der Waals surface area (Å²) < 4.78 is 37.1. The van der Waals surface area contributed by atoms with Crippen molar-refractivity contribution in [3.63, 3.8) is 0 Å². The number of amides is 2. The lowest BCUT2D eigenvalue weighted by Gasteiger charge is -2.14. The van der Waals surface area contributed by atoms with Gasteiger partial charge in [-0.25, -0.2) is 0 Å². The van der Waals surface area contributed by atoms with Crippen LogP contribution < -0.4 is 16.0 Å². The lowest BCUT2D eigenvalue weighted by atomic mass is 10.1. The molecule has 2 aromatic rings. The van der Waals surface area contributed by atoms with Gasteiger partial charge >= 0.3 is 6.18 Å². The molecule has 0 aliphatic rings. The first-order valence-electron chi connectivity index (χ1n) is 8.29. The van der Waals surface area contributed by atoms with E-state index in [9.17, 15) is 22.8 Å². The molecule has 27 heavy (non-hydrogen) atoms. The topological polar surface area (TPSA) is 70.2 Å². The molecule has 3 N–H and O–H groups in total. The molecule has 8 heteroatoms. The van der Waals surface area contributed by atoms with Gasteiger partial charge in [-0.05, 0) is 30.7 Å². The largest absolute Gasteiger partial charge is 0.405 e. The van der Waals surface area contributed by atoms with Gasteiger partial charge in [0.05, 0.1) is 11.4 Å². The van der Waals surface area contributed by atoms with Crippen LogP contribution >= 0.6 is 0 Å². The van der Waals surface area contributed by atoms with E-state index in [1.807, 2.05) is 19.1 Å². The molecule has 0 spiro atoms. The van der Waals surface area contributed by atoms with Gasteiger partial charge in [0.25, 0.3) is 5.91 Å². The van der Waals surface area contributed by atoms with Gasteiger partial charge in [-0.3, -0.25) is 9.59 Å². The molecular formula is C19H20F3N3O2. The monoisotopic (exact) mass is 379 g/mol. The minimum absolute atomic E-state index is 0.00870. The molecule has 2 aromatic carbocycles. The molecule has 144 valence electrons. The number of hydrogen-bond donors (Lipinski definition) is 3. The van der Waals surface area contributed by atoms with E-state index < -0.39 is 18.6 Å². The van der Waals surface area contributed by atoms with Gasteiger partial charge in [-0.1, -0.05) is 30.3 Å². The Morgan fingerprint density at radius 1 is 0.963 bits per heavy atom. The van der Waals surface area contributed by atoms with Crippen molar-refractivity contribution in [3.05, 3.63) is 59.7 Å². The second kappa shape index (κ2) is 9.07. The lowest BCUT2D eigenvalue weighted by Crippen LogP contribution is -2.28. The molecule has 5 nitrogen and oxygen atoms in total. The zero-order chi connectivity index (χ0) is 19.9. The van der Waals surface area contributed by atoms with Crippen LogP contribution in [0.5, 0.6) is 0 Å². The molecule has 0 bridgehead atoms. The predicted octanol–water partition coefficient (Wildman–Crippen LogP) is 3.73. The standard InChI is InChI=1S/C19H20F3N3O2/c1-13-6-2-3-7-14(13)18(27)23-11-10-17(26)25-16-9-5-4-8-15(16)24-12-19(20,21)22/h2-9,24H,10-12H2,1H3,(H,23,27)(H,25,26). The summed E-state index contributed by atoms with van der Waals surface area (Å²) in [5.41, 5.74) is 1.77. The highest BCUT2D eigenvalue weighted by atomic mass is 19.4. The van der Waals surface area contributed by atoms with Crippen LogP contribution in [0, 0.1) is 6.92 Å². The first-order valence-corrected chi connectivity index (χ1v) is 8.29. The molecule has 2 rings (SSSR count). The van der Waals surface area contributed by atoms with Crippen molar-refractivity contribution in [2.75, 3.05) is 23.7 Å². The number of halogens is 3. The lowest BCUT2D eigenvalue weighted by molar-refractivity contribution is -0.116. The minimum atomic E-state index is -4.36. The number of rotatable bonds is 7. The second-order valence-corrected chi connectivity index (χ2v) is 5.88. The third kappa shape index (κ3) is 6.65. The number of hydrogen-bond acceptors (Lipinski definition) is 3. The summed E-state index contributed by atoms with van der Waals surface area (Å²) in [5.74, 6) is -0.700. The SMILES string of the molecule is Cc1ccccc1C(=O)NCCC(=O)Nc1ccccc1NCC(F)(F)F. The van der Waals surface area contributed by atoms with Gasteiger partial charge in [0.1, 0.15) is 6.54 Å². The van der Waals surface area contributed by atoms with E-state index in [0.717, 1.165) is 5.56 Å². The Bertz CT molecular complexity index is 807. The number of para-hydroxylation sites is 2. The van der Waals surface area contributed by atoms with Crippen LogP contribution in [0.2, 0.25) is 0 Å². The van der Waals surface area contributed by atoms with Crippen molar-refractivity contribution in [2.45, 2.75) is 19.5 Å². The molecule has 0 unspecified atom stereocenters. The predicted molar refractivity (Wildman–Crippen MR) is 97.7 cm³/mol. The van der Waals surface area contributed by atoms with E-state index in [-0.39, 0.29) is 30.2 Å². The number of nitrogens with one attached hydrogen (secondary N) is 3. The first kappa shape index (κ1) is 20.3. The molecule has 0 radical (unpaired) electrons. The Balaban J connectivity index is 1.86. The number of aryl methyl sites for hydroxylation is 1. The number of carbonyl (C=O) groups excluding carboxylic acids is 2. The zero-order valence-corrected chi connectivity index (χ0v) is 14.7. The second-order valence-electron chi connectivity index (χ2n) is 5.88. The van der Waals surface area contributed by atoms with Gasteiger partial charge in [-0.15, -0.1) is 0 Å². The van der Waals surface area contributed by atoms with Crippen LogP contribution in [-0.2, 0) is 4.79 Å². The summed E-state index contributed by atoms with van der Waals surface area (Å²) in [6.07, 6.45) is -4.37. The maximum absolute atomic E-state index is 12.4. The average Bonchev–Trinajstić information content (AvgIpc) is 2.60. The van der Waals surface area contributed by atoms with Crippen LogP contribution in [0.3, 0.4) is 0 Å². The fourth-order valence-electron chi connectivity index (χ4n) is 2.37. The van der Waals surface area contributed by atoms with Crippen molar-refractivity contribution in [1.29, 1.82) is 0 Å². The van der Waals surface area contributed by atoms with E-state index in [2.05, 4.69) is 16.0 Å². The third-order valence-electron chi connectivity index (χ3n) is 3.71. The molecule has 0 heterocycles. The summed E-state index contributed by atoms with van der Waals surface area (Å²) >= 11 is 0. The van der Waals surface area contributed by atoms with Crippen molar-refractivity contribution in [2.24, 2.45) is 0 Å². The van der Waals surface area contributed by atoms with Gasteiger partial charge in [0.2, 0.25) is 5.91 Å². The molecule has 2 amide bonds. The van der Waals surface area contributed by atoms with Crippen molar-refractivity contribution in [1.82, 2.24) is 5.32 Å². The first-order chi connectivity index (χ1) is 12.8. The normalized spacial score (nSPS) is 11.0. The number of anilines is 2. The fourth-order valence-corrected chi connectivity index (χ4v) is 2.37. The quantitative estimate of drug-likeness (QED) is 0.687. The molecule has 0 fully saturated rings. The summed E-state index contributed by atoms with van der Waals surface area (Å²) in [6.45, 7) is 0.718. The third-order valence-corrected chi connectivity index (χ3v) is 3.71. The Kier molecular flexibility index (Phi) is 6.81. The van der Waals surface area contributed by atoms with Crippen LogP contribution in [0.4, 0.5) is 24.5 Å². The molecule has 0 aromatic heterocycles. The molecule has 0 atom stereocenters. The summed E-state index contributed by atoms with van der Waals surface area (Å²) in [4.78, 5) is 24.1. The summed E-state index contributed by atoms with van der Waals surface area (Å²) in [7, 11) is 0. The number of alkyl halides is 3. The Hall–Kier alpha value is -3.03. The van der Waals surface area contributed by atoms with Gasteiger partial charge in [0, 0.05) is 18.5 Å². The summed E-state index contributed by atoms with van der Waals surface area (Å²) in [6, 6.07) is 13.2. The minimum Gasteiger partial charge on any atom is -0.375 e. The van der Waals surface area contributed by atoms with Crippen LogP contribution in [0.15, 0.2) is 48.5 Å². The Morgan fingerprint density at radius 3 is 2.26 bits per heavy atom. The maximum atomic E-state index is 12.4. The van der Waals surface area contributed by atoms with Gasteiger partial charge in [-0.2, -0.15) is 13.2 Å². The highest BCUT2D eigenvalue weighted by Gasteiger charge is 2.27. The van der Waals surface area contributed by atoms with E-state index in [1.54, 1.807) is 24.3 Å². The van der Waals surface area contributed by atoms with Crippen LogP contribution in [0.1, 0.15) is 22.3 Å². The Morgan fingerprint density at radius 2 is 1.59 bits per heavy atom. The molecular weight excluding hydrogens is 359 g/mol. The molecule has 0 aliphatic heterocycles. The highest BCUT2D eigenvalue weighted by molar-refractivity contribution is 5.97. The Labute approximate surface area is 155 Å². The maximum Gasteiger partial charge on any atom is 0.405 e. The summed E-state index contributed by atoms with van der Waals surface area (Å²) in [5, 5.41) is 7.45.